The number of carbonyl (C=O) groups excluding carboxylic acids is 3. The first-order valence-corrected chi connectivity index (χ1v) is 16.2. The van der Waals surface area contributed by atoms with Gasteiger partial charge in [0.25, 0.3) is 11.8 Å². The minimum atomic E-state index is -0.528. The molecule has 0 fully saturated rings. The highest BCUT2D eigenvalue weighted by molar-refractivity contribution is 8.00. The van der Waals surface area contributed by atoms with Crippen molar-refractivity contribution in [3.8, 4) is 22.8 Å². The van der Waals surface area contributed by atoms with Crippen molar-refractivity contribution in [2.45, 2.75) is 24.0 Å². The lowest BCUT2D eigenvalue weighted by Gasteiger charge is -2.19. The van der Waals surface area contributed by atoms with Crippen molar-refractivity contribution in [1.82, 2.24) is 5.32 Å². The largest absolute Gasteiger partial charge is 0.486 e. The molecule has 0 bridgehead atoms. The summed E-state index contributed by atoms with van der Waals surface area (Å²) in [4.78, 5) is 40.3. The zero-order valence-corrected chi connectivity index (χ0v) is 27.1. The summed E-state index contributed by atoms with van der Waals surface area (Å²) in [6.45, 7) is 4.79. The molecule has 3 amide bonds. The van der Waals surface area contributed by atoms with Crippen LogP contribution in [0.2, 0.25) is 0 Å². The predicted octanol–water partition coefficient (Wildman–Crippen LogP) is 7.56. The van der Waals surface area contributed by atoms with Gasteiger partial charge < -0.3 is 29.8 Å². The number of anilines is 2. The van der Waals surface area contributed by atoms with Gasteiger partial charge in [0, 0.05) is 39.5 Å². The van der Waals surface area contributed by atoms with Gasteiger partial charge in [0.15, 0.2) is 11.5 Å². The molecule has 9 nitrogen and oxygen atoms in total. The standard InChI is InChI=1S/C38H33N3O6S/c1-24-8-10-26(11-9-24)33-19-15-30(47-33)23-32(41-37(43)27-6-4-3-5-7-27)38(44)39-28-12-16-31(17-13-28)48-25(2)36(42)40-29-14-18-34-35(22-29)46-21-20-45-34/h3-19,22-23,25H,20-21H2,1-2H3,(H,39,44)(H,40,42)(H,41,43)/b32-23-/t25-/m1/s1. The van der Waals surface area contributed by atoms with Gasteiger partial charge in [-0.1, -0.05) is 48.0 Å². The van der Waals surface area contributed by atoms with E-state index < -0.39 is 17.1 Å². The molecular weight excluding hydrogens is 627 g/mol. The quantitative estimate of drug-likeness (QED) is 0.105. The highest BCUT2D eigenvalue weighted by Crippen LogP contribution is 2.33. The maximum atomic E-state index is 13.5. The average Bonchev–Trinajstić information content (AvgIpc) is 3.58. The Balaban J connectivity index is 1.12. The number of carbonyl (C=O) groups is 3. The Morgan fingerprint density at radius 3 is 2.23 bits per heavy atom. The Morgan fingerprint density at radius 1 is 0.771 bits per heavy atom. The highest BCUT2D eigenvalue weighted by atomic mass is 32.2. The van der Waals surface area contributed by atoms with Gasteiger partial charge in [0.1, 0.15) is 30.4 Å². The van der Waals surface area contributed by atoms with Crippen molar-refractivity contribution in [2.24, 2.45) is 0 Å². The van der Waals surface area contributed by atoms with Crippen LogP contribution >= 0.6 is 11.8 Å². The summed E-state index contributed by atoms with van der Waals surface area (Å²) >= 11 is 1.38. The van der Waals surface area contributed by atoms with E-state index in [-0.39, 0.29) is 11.6 Å². The van der Waals surface area contributed by atoms with Crippen LogP contribution in [0.3, 0.4) is 0 Å². The monoisotopic (exact) mass is 659 g/mol. The minimum absolute atomic E-state index is 0.0107. The molecule has 4 aromatic carbocycles. The maximum Gasteiger partial charge on any atom is 0.272 e. The molecule has 0 aliphatic carbocycles. The second-order valence-electron chi connectivity index (χ2n) is 11.0. The maximum absolute atomic E-state index is 13.5. The van der Waals surface area contributed by atoms with Crippen molar-refractivity contribution >= 4 is 46.9 Å². The first-order valence-electron chi connectivity index (χ1n) is 15.3. The molecular formula is C38H33N3O6S. The zero-order valence-electron chi connectivity index (χ0n) is 26.3. The minimum Gasteiger partial charge on any atom is -0.486 e. The zero-order chi connectivity index (χ0) is 33.5. The predicted molar refractivity (Wildman–Crippen MR) is 187 cm³/mol. The summed E-state index contributed by atoms with van der Waals surface area (Å²) in [7, 11) is 0. The molecule has 48 heavy (non-hydrogen) atoms. The molecule has 1 aliphatic rings. The van der Waals surface area contributed by atoms with Crippen LogP contribution < -0.4 is 25.4 Å². The van der Waals surface area contributed by atoms with E-state index in [1.807, 2.05) is 62.4 Å². The average molecular weight is 660 g/mol. The van der Waals surface area contributed by atoms with Gasteiger partial charge in [-0.25, -0.2) is 0 Å². The van der Waals surface area contributed by atoms with E-state index in [2.05, 4.69) is 16.0 Å². The normalized spacial score (nSPS) is 12.9. The summed E-state index contributed by atoms with van der Waals surface area (Å²) in [6, 6.07) is 32.5. The van der Waals surface area contributed by atoms with E-state index in [1.165, 1.54) is 17.8 Å². The number of furan rings is 1. The number of nitrogens with one attached hydrogen (secondary N) is 3. The number of amides is 3. The number of thioether (sulfide) groups is 1. The second kappa shape index (κ2) is 14.8. The Kier molecular flexibility index (Phi) is 9.92. The molecule has 10 heteroatoms. The molecule has 0 radical (unpaired) electrons. The molecule has 3 N–H and O–H groups in total. The lowest BCUT2D eigenvalue weighted by Crippen LogP contribution is -2.30. The van der Waals surface area contributed by atoms with Crippen LogP contribution in [-0.2, 0) is 9.59 Å². The molecule has 242 valence electrons. The van der Waals surface area contributed by atoms with Crippen molar-refractivity contribution in [3.63, 3.8) is 0 Å². The summed E-state index contributed by atoms with van der Waals surface area (Å²) in [5, 5.41) is 8.10. The smallest absolute Gasteiger partial charge is 0.272 e. The third-order valence-corrected chi connectivity index (χ3v) is 8.49. The number of aryl methyl sites for hydroxylation is 1. The number of fused-ring (bicyclic) bond motifs is 1. The summed E-state index contributed by atoms with van der Waals surface area (Å²) in [5.74, 6) is 1.17. The van der Waals surface area contributed by atoms with Gasteiger partial charge in [-0.05, 0) is 74.5 Å². The number of rotatable bonds is 10. The lowest BCUT2D eigenvalue weighted by atomic mass is 10.1. The fraction of sp³-hybridized carbons (Fsp3) is 0.132. The molecule has 0 spiro atoms. The molecule has 0 unspecified atom stereocenters. The van der Waals surface area contributed by atoms with Crippen LogP contribution in [0, 0.1) is 6.92 Å². The Bertz CT molecular complexity index is 1950. The molecule has 0 saturated carbocycles. The van der Waals surface area contributed by atoms with Gasteiger partial charge in [-0.3, -0.25) is 14.4 Å². The first-order chi connectivity index (χ1) is 23.3. The molecule has 1 aliphatic heterocycles. The van der Waals surface area contributed by atoms with E-state index in [9.17, 15) is 14.4 Å². The second-order valence-corrected chi connectivity index (χ2v) is 12.4. The van der Waals surface area contributed by atoms with Crippen LogP contribution in [0.15, 0.2) is 124 Å². The van der Waals surface area contributed by atoms with E-state index >= 15 is 0 Å². The molecule has 1 aromatic heterocycles. The van der Waals surface area contributed by atoms with Crippen LogP contribution in [-0.4, -0.2) is 36.2 Å². The van der Waals surface area contributed by atoms with Crippen LogP contribution in [0.4, 0.5) is 11.4 Å². The van der Waals surface area contributed by atoms with Crippen molar-refractivity contribution in [2.75, 3.05) is 23.8 Å². The summed E-state index contributed by atoms with van der Waals surface area (Å²) in [5.41, 5.74) is 3.58. The number of benzene rings is 4. The Hall–Kier alpha value is -5.74. The van der Waals surface area contributed by atoms with Crippen molar-refractivity contribution < 1.29 is 28.3 Å². The molecule has 0 saturated heterocycles. The van der Waals surface area contributed by atoms with Crippen LogP contribution in [0.1, 0.15) is 28.6 Å². The van der Waals surface area contributed by atoms with E-state index in [1.54, 1.807) is 60.7 Å². The Morgan fingerprint density at radius 2 is 1.48 bits per heavy atom. The topological polar surface area (TPSA) is 119 Å². The Labute approximate surface area is 282 Å². The van der Waals surface area contributed by atoms with Crippen molar-refractivity contribution in [3.05, 3.63) is 132 Å². The summed E-state index contributed by atoms with van der Waals surface area (Å²) in [6.07, 6.45) is 1.50. The van der Waals surface area contributed by atoms with Gasteiger partial charge in [0.05, 0.1) is 5.25 Å². The third-order valence-electron chi connectivity index (χ3n) is 7.38. The van der Waals surface area contributed by atoms with E-state index in [0.29, 0.717) is 53.2 Å². The molecule has 2 heterocycles. The molecule has 5 aromatic rings. The van der Waals surface area contributed by atoms with E-state index in [0.717, 1.165) is 16.0 Å². The third kappa shape index (κ3) is 8.15. The fourth-order valence-electron chi connectivity index (χ4n) is 4.83. The summed E-state index contributed by atoms with van der Waals surface area (Å²) < 4.78 is 17.2. The van der Waals surface area contributed by atoms with Gasteiger partial charge in [0.2, 0.25) is 5.91 Å². The van der Waals surface area contributed by atoms with Gasteiger partial charge in [-0.2, -0.15) is 0 Å². The van der Waals surface area contributed by atoms with Gasteiger partial charge in [-0.15, -0.1) is 11.8 Å². The number of hydrogen-bond donors (Lipinski definition) is 3. The van der Waals surface area contributed by atoms with Crippen LogP contribution in [0.5, 0.6) is 11.5 Å². The molecule has 6 rings (SSSR count). The SMILES string of the molecule is Cc1ccc(-c2ccc(/C=C(\NC(=O)c3ccccc3)C(=O)Nc3ccc(S[C@H](C)C(=O)Nc4ccc5c(c4)OCCO5)cc3)o2)cc1. The van der Waals surface area contributed by atoms with E-state index in [4.69, 9.17) is 13.9 Å². The number of hydrogen-bond acceptors (Lipinski definition) is 7. The lowest BCUT2D eigenvalue weighted by molar-refractivity contribution is -0.115. The van der Waals surface area contributed by atoms with Crippen molar-refractivity contribution in [1.29, 1.82) is 0 Å². The van der Waals surface area contributed by atoms with Crippen LogP contribution in [0.25, 0.3) is 17.4 Å². The highest BCUT2D eigenvalue weighted by Gasteiger charge is 2.19. The first kappa shape index (κ1) is 32.2. The number of ether oxygens (including phenoxy) is 2. The fourth-order valence-corrected chi connectivity index (χ4v) is 5.69. The van der Waals surface area contributed by atoms with Gasteiger partial charge >= 0.3 is 0 Å². The molecule has 1 atom stereocenters.